The number of nitrogens with zero attached hydrogens (tertiary/aromatic N) is 2. The molecule has 0 aliphatic carbocycles. The minimum absolute atomic E-state index is 0.400. The summed E-state index contributed by atoms with van der Waals surface area (Å²) in [6.45, 7) is 6.15. The molecular formula is C14H18BrN3. The molecule has 0 aliphatic rings. The van der Waals surface area contributed by atoms with Gasteiger partial charge in [0.2, 0.25) is 0 Å². The van der Waals surface area contributed by atoms with Gasteiger partial charge in [0.25, 0.3) is 0 Å². The smallest absolute Gasteiger partial charge is 0.0485 e. The summed E-state index contributed by atoms with van der Waals surface area (Å²) in [5, 5.41) is 3.41. The number of rotatable bonds is 5. The van der Waals surface area contributed by atoms with E-state index in [2.05, 4.69) is 69.2 Å². The summed E-state index contributed by atoms with van der Waals surface area (Å²) in [5.74, 6) is 0. The quantitative estimate of drug-likeness (QED) is 0.918. The first kappa shape index (κ1) is 13.3. The lowest BCUT2D eigenvalue weighted by Crippen LogP contribution is -2.17. The molecule has 0 radical (unpaired) electrons. The fourth-order valence-electron chi connectivity index (χ4n) is 1.99. The molecule has 3 nitrogen and oxygen atoms in total. The standard InChI is InChI=1S/C14H18BrN3/c1-3-17-11(2)13-4-5-18(10-13)9-12-6-14(15)8-16-7-12/h4-8,10-11,17H,3,9H2,1-2H3. The van der Waals surface area contributed by atoms with Gasteiger partial charge in [-0.05, 0) is 52.7 Å². The van der Waals surface area contributed by atoms with Crippen LogP contribution < -0.4 is 5.32 Å². The highest BCUT2D eigenvalue weighted by Crippen LogP contribution is 2.15. The summed E-state index contributed by atoms with van der Waals surface area (Å²) in [6, 6.07) is 4.66. The molecule has 0 fully saturated rings. The summed E-state index contributed by atoms with van der Waals surface area (Å²) in [4.78, 5) is 4.18. The average molecular weight is 308 g/mol. The van der Waals surface area contributed by atoms with Gasteiger partial charge in [0.05, 0.1) is 0 Å². The maximum atomic E-state index is 4.18. The zero-order chi connectivity index (χ0) is 13.0. The zero-order valence-corrected chi connectivity index (χ0v) is 12.3. The highest BCUT2D eigenvalue weighted by Gasteiger charge is 2.05. The maximum Gasteiger partial charge on any atom is 0.0485 e. The largest absolute Gasteiger partial charge is 0.350 e. The van der Waals surface area contributed by atoms with Crippen molar-refractivity contribution >= 4 is 15.9 Å². The lowest BCUT2D eigenvalue weighted by Gasteiger charge is -2.10. The van der Waals surface area contributed by atoms with Gasteiger partial charge in [0.1, 0.15) is 0 Å². The van der Waals surface area contributed by atoms with Crippen LogP contribution in [0.2, 0.25) is 0 Å². The summed E-state index contributed by atoms with van der Waals surface area (Å²) >= 11 is 3.44. The Kier molecular flexibility index (Phi) is 4.55. The van der Waals surface area contributed by atoms with Crippen LogP contribution >= 0.6 is 15.9 Å². The summed E-state index contributed by atoms with van der Waals surface area (Å²) in [5.41, 5.74) is 2.52. The molecule has 0 spiro atoms. The van der Waals surface area contributed by atoms with Gasteiger partial charge in [-0.15, -0.1) is 0 Å². The van der Waals surface area contributed by atoms with Crippen molar-refractivity contribution in [2.24, 2.45) is 0 Å². The zero-order valence-electron chi connectivity index (χ0n) is 10.7. The molecule has 1 unspecified atom stereocenters. The molecule has 0 amide bonds. The van der Waals surface area contributed by atoms with E-state index in [0.29, 0.717) is 6.04 Å². The van der Waals surface area contributed by atoms with Crippen molar-refractivity contribution in [3.8, 4) is 0 Å². The Morgan fingerprint density at radius 2 is 2.28 bits per heavy atom. The van der Waals surface area contributed by atoms with Crippen LogP contribution in [0.1, 0.15) is 31.0 Å². The fourth-order valence-corrected chi connectivity index (χ4v) is 2.40. The topological polar surface area (TPSA) is 29.9 Å². The molecule has 0 aliphatic heterocycles. The third-order valence-corrected chi connectivity index (χ3v) is 3.34. The number of aromatic nitrogens is 2. The van der Waals surface area contributed by atoms with Crippen LogP contribution in [0.15, 0.2) is 41.4 Å². The maximum absolute atomic E-state index is 4.18. The lowest BCUT2D eigenvalue weighted by molar-refractivity contribution is 0.596. The van der Waals surface area contributed by atoms with Crippen molar-refractivity contribution in [1.29, 1.82) is 0 Å². The van der Waals surface area contributed by atoms with Crippen molar-refractivity contribution in [2.45, 2.75) is 26.4 Å². The predicted octanol–water partition coefficient (Wildman–Crippen LogP) is 3.36. The Hall–Kier alpha value is -1.13. The first-order chi connectivity index (χ1) is 8.69. The van der Waals surface area contributed by atoms with E-state index in [0.717, 1.165) is 17.6 Å². The van der Waals surface area contributed by atoms with E-state index >= 15 is 0 Å². The minimum Gasteiger partial charge on any atom is -0.350 e. The molecule has 4 heteroatoms. The Balaban J connectivity index is 2.06. The van der Waals surface area contributed by atoms with Gasteiger partial charge in [0.15, 0.2) is 0 Å². The number of halogens is 1. The second kappa shape index (κ2) is 6.16. The monoisotopic (exact) mass is 307 g/mol. The van der Waals surface area contributed by atoms with Crippen LogP contribution in [0, 0.1) is 0 Å². The third kappa shape index (κ3) is 3.43. The number of pyridine rings is 1. The molecule has 2 aromatic rings. The Bertz CT molecular complexity index is 507. The molecule has 2 aromatic heterocycles. The van der Waals surface area contributed by atoms with Crippen LogP contribution in [0.3, 0.4) is 0 Å². The van der Waals surface area contributed by atoms with Gasteiger partial charge < -0.3 is 9.88 Å². The van der Waals surface area contributed by atoms with Gasteiger partial charge >= 0.3 is 0 Å². The van der Waals surface area contributed by atoms with E-state index in [1.807, 2.05) is 6.20 Å². The number of hydrogen-bond acceptors (Lipinski definition) is 2. The van der Waals surface area contributed by atoms with Crippen molar-refractivity contribution < 1.29 is 0 Å². The van der Waals surface area contributed by atoms with Crippen molar-refractivity contribution in [3.05, 3.63) is 52.5 Å². The Morgan fingerprint density at radius 1 is 1.44 bits per heavy atom. The van der Waals surface area contributed by atoms with E-state index in [1.54, 1.807) is 6.20 Å². The number of hydrogen-bond donors (Lipinski definition) is 1. The first-order valence-corrected chi connectivity index (χ1v) is 6.97. The Morgan fingerprint density at radius 3 is 3.00 bits per heavy atom. The van der Waals surface area contributed by atoms with E-state index in [9.17, 15) is 0 Å². The van der Waals surface area contributed by atoms with Crippen LogP contribution in [0.5, 0.6) is 0 Å². The molecule has 2 heterocycles. The van der Waals surface area contributed by atoms with Crippen molar-refractivity contribution in [3.63, 3.8) is 0 Å². The Labute approximate surface area is 116 Å². The number of nitrogens with one attached hydrogen (secondary N) is 1. The van der Waals surface area contributed by atoms with Crippen LogP contribution in [-0.2, 0) is 6.54 Å². The molecule has 1 atom stereocenters. The van der Waals surface area contributed by atoms with E-state index in [1.165, 1.54) is 11.1 Å². The van der Waals surface area contributed by atoms with E-state index in [4.69, 9.17) is 0 Å². The molecule has 0 saturated carbocycles. The predicted molar refractivity (Wildman–Crippen MR) is 77.6 cm³/mol. The second-order valence-electron chi connectivity index (χ2n) is 4.41. The van der Waals surface area contributed by atoms with Crippen LogP contribution in [-0.4, -0.2) is 16.1 Å². The highest BCUT2D eigenvalue weighted by atomic mass is 79.9. The average Bonchev–Trinajstić information content (AvgIpc) is 2.78. The normalized spacial score (nSPS) is 12.6. The van der Waals surface area contributed by atoms with E-state index in [-0.39, 0.29) is 0 Å². The van der Waals surface area contributed by atoms with Gasteiger partial charge in [-0.25, -0.2) is 0 Å². The van der Waals surface area contributed by atoms with Crippen molar-refractivity contribution in [1.82, 2.24) is 14.9 Å². The van der Waals surface area contributed by atoms with Gasteiger partial charge in [-0.1, -0.05) is 6.92 Å². The van der Waals surface area contributed by atoms with Gasteiger partial charge in [-0.2, -0.15) is 0 Å². The molecule has 96 valence electrons. The van der Waals surface area contributed by atoms with Gasteiger partial charge in [0, 0.05) is 41.8 Å². The second-order valence-corrected chi connectivity index (χ2v) is 5.32. The molecule has 2 rings (SSSR count). The molecular weight excluding hydrogens is 290 g/mol. The minimum atomic E-state index is 0.400. The van der Waals surface area contributed by atoms with Crippen LogP contribution in [0.25, 0.3) is 0 Å². The summed E-state index contributed by atoms with van der Waals surface area (Å²) in [7, 11) is 0. The van der Waals surface area contributed by atoms with E-state index < -0.39 is 0 Å². The summed E-state index contributed by atoms with van der Waals surface area (Å²) in [6.07, 6.45) is 8.01. The fraction of sp³-hybridized carbons (Fsp3) is 0.357. The van der Waals surface area contributed by atoms with Gasteiger partial charge in [-0.3, -0.25) is 4.98 Å². The molecule has 0 bridgehead atoms. The summed E-state index contributed by atoms with van der Waals surface area (Å²) < 4.78 is 3.21. The van der Waals surface area contributed by atoms with Crippen LogP contribution in [0.4, 0.5) is 0 Å². The lowest BCUT2D eigenvalue weighted by atomic mass is 10.2. The molecule has 1 N–H and O–H groups in total. The highest BCUT2D eigenvalue weighted by molar-refractivity contribution is 9.10. The first-order valence-electron chi connectivity index (χ1n) is 6.17. The SMILES string of the molecule is CCNC(C)c1ccn(Cc2cncc(Br)c2)c1. The molecule has 0 aromatic carbocycles. The van der Waals surface area contributed by atoms with Crippen molar-refractivity contribution in [2.75, 3.05) is 6.54 Å². The molecule has 18 heavy (non-hydrogen) atoms. The third-order valence-electron chi connectivity index (χ3n) is 2.91. The molecule has 0 saturated heterocycles.